The molecule has 0 atom stereocenters. The summed E-state index contributed by atoms with van der Waals surface area (Å²) in [5.74, 6) is 0.0509. The van der Waals surface area contributed by atoms with E-state index in [1.165, 1.54) is 25.0 Å². The number of amides is 1. The Morgan fingerprint density at radius 1 is 1.24 bits per heavy atom. The van der Waals surface area contributed by atoms with Crippen molar-refractivity contribution in [2.24, 2.45) is 5.14 Å². The summed E-state index contributed by atoms with van der Waals surface area (Å²) in [7, 11) is -3.65. The second kappa shape index (κ2) is 6.15. The summed E-state index contributed by atoms with van der Waals surface area (Å²) >= 11 is 0. The Hall–Kier alpha value is -1.40. The first-order valence-electron chi connectivity index (χ1n) is 7.21. The molecule has 21 heavy (non-hydrogen) atoms. The molecule has 1 aromatic rings. The van der Waals surface area contributed by atoms with E-state index in [4.69, 9.17) is 5.14 Å². The molecule has 1 aliphatic carbocycles. The Morgan fingerprint density at radius 3 is 2.33 bits per heavy atom. The van der Waals surface area contributed by atoms with Crippen LogP contribution in [0, 0.1) is 0 Å². The molecule has 0 heterocycles. The number of hydrogen-bond acceptors (Lipinski definition) is 3. The van der Waals surface area contributed by atoms with Gasteiger partial charge in [0.15, 0.2) is 0 Å². The summed E-state index contributed by atoms with van der Waals surface area (Å²) in [6, 6.07) is 6.34. The van der Waals surface area contributed by atoms with Crippen LogP contribution in [0.5, 0.6) is 0 Å². The van der Waals surface area contributed by atoms with Gasteiger partial charge in [0.25, 0.3) is 0 Å². The van der Waals surface area contributed by atoms with Crippen molar-refractivity contribution in [3.63, 3.8) is 0 Å². The van der Waals surface area contributed by atoms with Crippen molar-refractivity contribution >= 4 is 15.9 Å². The lowest BCUT2D eigenvalue weighted by molar-refractivity contribution is -0.122. The molecule has 0 bridgehead atoms. The minimum absolute atomic E-state index is 0.0471. The molecular formula is C15H22N2O3S. The molecule has 0 unspecified atom stereocenters. The number of benzene rings is 1. The van der Waals surface area contributed by atoms with E-state index in [0.717, 1.165) is 18.4 Å². The van der Waals surface area contributed by atoms with E-state index in [1.54, 1.807) is 12.1 Å². The molecule has 1 amide bonds. The van der Waals surface area contributed by atoms with Gasteiger partial charge in [-0.25, -0.2) is 13.6 Å². The fraction of sp³-hybridized carbons (Fsp3) is 0.533. The summed E-state index contributed by atoms with van der Waals surface area (Å²) in [4.78, 5) is 12.1. The monoisotopic (exact) mass is 310 g/mol. The van der Waals surface area contributed by atoms with Gasteiger partial charge in [-0.3, -0.25) is 4.79 Å². The van der Waals surface area contributed by atoms with Gasteiger partial charge in [0.2, 0.25) is 15.9 Å². The smallest absolute Gasteiger partial charge is 0.238 e. The average Bonchev–Trinajstić information content (AvgIpc) is 2.82. The number of rotatable bonds is 5. The maximum atomic E-state index is 12.0. The van der Waals surface area contributed by atoms with Crippen molar-refractivity contribution in [3.05, 3.63) is 29.8 Å². The highest BCUT2D eigenvalue weighted by Crippen LogP contribution is 2.28. The molecule has 0 aromatic heterocycles. The molecule has 1 fully saturated rings. The first-order valence-corrected chi connectivity index (χ1v) is 8.76. The van der Waals surface area contributed by atoms with Crippen LogP contribution in [0.25, 0.3) is 0 Å². The van der Waals surface area contributed by atoms with Gasteiger partial charge in [0.05, 0.1) is 4.90 Å². The maximum absolute atomic E-state index is 12.0. The highest BCUT2D eigenvalue weighted by Gasteiger charge is 2.29. The molecule has 0 radical (unpaired) electrons. The molecule has 0 aliphatic heterocycles. The summed E-state index contributed by atoms with van der Waals surface area (Å²) < 4.78 is 22.3. The number of hydrogen-bond donors (Lipinski definition) is 2. The lowest BCUT2D eigenvalue weighted by Gasteiger charge is -2.25. The Balaban J connectivity index is 1.86. The SMILES string of the molecule is CC1(NC(=O)CCc2ccc(S(N)(=O)=O)cc2)CCCC1. The number of aryl methyl sites for hydroxylation is 1. The molecule has 1 aliphatic rings. The van der Waals surface area contributed by atoms with Gasteiger partial charge in [-0.15, -0.1) is 0 Å². The van der Waals surface area contributed by atoms with Crippen molar-refractivity contribution in [1.82, 2.24) is 5.32 Å². The van der Waals surface area contributed by atoms with Crippen LogP contribution in [0.4, 0.5) is 0 Å². The lowest BCUT2D eigenvalue weighted by Crippen LogP contribution is -2.43. The molecule has 2 rings (SSSR count). The van der Waals surface area contributed by atoms with Crippen LogP contribution in [0.2, 0.25) is 0 Å². The number of nitrogens with two attached hydrogens (primary N) is 1. The molecule has 1 aromatic carbocycles. The van der Waals surface area contributed by atoms with Crippen LogP contribution in [0.3, 0.4) is 0 Å². The quantitative estimate of drug-likeness (QED) is 0.867. The first kappa shape index (κ1) is 16.0. The number of sulfonamides is 1. The van der Waals surface area contributed by atoms with E-state index >= 15 is 0 Å². The van der Waals surface area contributed by atoms with Gasteiger partial charge in [-0.2, -0.15) is 0 Å². The second-order valence-electron chi connectivity index (χ2n) is 6.00. The van der Waals surface area contributed by atoms with E-state index in [9.17, 15) is 13.2 Å². The Kier molecular flexibility index (Phi) is 4.68. The molecule has 1 saturated carbocycles. The number of carbonyl (C=O) groups is 1. The van der Waals surface area contributed by atoms with Crippen LogP contribution < -0.4 is 10.5 Å². The summed E-state index contributed by atoms with van der Waals surface area (Å²) in [6.07, 6.45) is 5.43. The molecule has 0 spiro atoms. The summed E-state index contributed by atoms with van der Waals surface area (Å²) in [5.41, 5.74) is 0.878. The zero-order valence-corrected chi connectivity index (χ0v) is 13.1. The maximum Gasteiger partial charge on any atom is 0.238 e. The van der Waals surface area contributed by atoms with E-state index in [0.29, 0.717) is 12.8 Å². The third-order valence-corrected chi connectivity index (χ3v) is 4.97. The molecule has 0 saturated heterocycles. The third-order valence-electron chi connectivity index (χ3n) is 4.04. The van der Waals surface area contributed by atoms with E-state index < -0.39 is 10.0 Å². The van der Waals surface area contributed by atoms with Crippen LogP contribution in [-0.2, 0) is 21.2 Å². The van der Waals surface area contributed by atoms with E-state index in [1.807, 2.05) is 0 Å². The Bertz CT molecular complexity index is 602. The fourth-order valence-corrected chi connectivity index (χ4v) is 3.30. The van der Waals surface area contributed by atoms with E-state index in [2.05, 4.69) is 12.2 Å². The second-order valence-corrected chi connectivity index (χ2v) is 7.57. The number of nitrogens with one attached hydrogen (secondary N) is 1. The van der Waals surface area contributed by atoms with Gasteiger partial charge >= 0.3 is 0 Å². The molecule has 5 nitrogen and oxygen atoms in total. The van der Waals surface area contributed by atoms with Crippen LogP contribution >= 0.6 is 0 Å². The minimum Gasteiger partial charge on any atom is -0.351 e. The predicted octanol–water partition coefficient (Wildman–Crippen LogP) is 1.72. The van der Waals surface area contributed by atoms with Crippen molar-refractivity contribution in [3.8, 4) is 0 Å². The topological polar surface area (TPSA) is 89.3 Å². The largest absolute Gasteiger partial charge is 0.351 e. The number of carbonyl (C=O) groups excluding carboxylic acids is 1. The van der Waals surface area contributed by atoms with Crippen molar-refractivity contribution < 1.29 is 13.2 Å². The molecule has 3 N–H and O–H groups in total. The van der Waals surface area contributed by atoms with Gasteiger partial charge in [0.1, 0.15) is 0 Å². The fourth-order valence-electron chi connectivity index (χ4n) is 2.78. The summed E-state index contributed by atoms with van der Waals surface area (Å²) in [6.45, 7) is 2.10. The minimum atomic E-state index is -3.65. The lowest BCUT2D eigenvalue weighted by atomic mass is 10.00. The molecular weight excluding hydrogens is 288 g/mol. The number of primary sulfonamides is 1. The highest BCUT2D eigenvalue weighted by atomic mass is 32.2. The first-order chi connectivity index (χ1) is 9.78. The van der Waals surface area contributed by atoms with Crippen LogP contribution in [0.1, 0.15) is 44.6 Å². The van der Waals surface area contributed by atoms with Gasteiger partial charge in [-0.1, -0.05) is 25.0 Å². The van der Waals surface area contributed by atoms with Crippen molar-refractivity contribution in [2.75, 3.05) is 0 Å². The normalized spacial score (nSPS) is 17.6. The van der Waals surface area contributed by atoms with Crippen LogP contribution in [-0.4, -0.2) is 19.9 Å². The Labute approximate surface area is 126 Å². The summed E-state index contributed by atoms with van der Waals surface area (Å²) in [5, 5.41) is 8.15. The zero-order chi connectivity index (χ0) is 15.5. The third kappa shape index (κ3) is 4.54. The van der Waals surface area contributed by atoms with Gasteiger partial charge in [-0.05, 0) is 43.9 Å². The highest BCUT2D eigenvalue weighted by molar-refractivity contribution is 7.89. The zero-order valence-electron chi connectivity index (χ0n) is 12.3. The van der Waals surface area contributed by atoms with Gasteiger partial charge < -0.3 is 5.32 Å². The standard InChI is InChI=1S/C15H22N2O3S/c1-15(10-2-3-11-15)17-14(18)9-6-12-4-7-13(8-5-12)21(16,19)20/h4-5,7-8H,2-3,6,9-11H2,1H3,(H,17,18)(H2,16,19,20). The van der Waals surface area contributed by atoms with Crippen molar-refractivity contribution in [1.29, 1.82) is 0 Å². The van der Waals surface area contributed by atoms with Crippen molar-refractivity contribution in [2.45, 2.75) is 55.9 Å². The van der Waals surface area contributed by atoms with E-state index in [-0.39, 0.29) is 16.3 Å². The van der Waals surface area contributed by atoms with Gasteiger partial charge in [0, 0.05) is 12.0 Å². The molecule has 116 valence electrons. The predicted molar refractivity (Wildman–Crippen MR) is 81.2 cm³/mol. The van der Waals surface area contributed by atoms with Crippen LogP contribution in [0.15, 0.2) is 29.2 Å². The Morgan fingerprint density at radius 2 is 1.81 bits per heavy atom. The average molecular weight is 310 g/mol. The molecule has 6 heteroatoms.